The fourth-order valence-electron chi connectivity index (χ4n) is 2.75. The first kappa shape index (κ1) is 15.7. The molecule has 5 heteroatoms. The third kappa shape index (κ3) is 3.77. The number of anilines is 1. The van der Waals surface area contributed by atoms with Gasteiger partial charge in [0.15, 0.2) is 0 Å². The van der Waals surface area contributed by atoms with Crippen molar-refractivity contribution < 1.29 is 5.11 Å². The maximum absolute atomic E-state index is 9.91. The summed E-state index contributed by atoms with van der Waals surface area (Å²) >= 11 is 5.94. The number of hydrogen-bond acceptors (Lipinski definition) is 4. The average Bonchev–Trinajstić information content (AvgIpc) is 2.57. The van der Waals surface area contributed by atoms with E-state index in [1.165, 1.54) is 5.69 Å². The summed E-state index contributed by atoms with van der Waals surface area (Å²) in [4.78, 5) is 2.33. The van der Waals surface area contributed by atoms with Crippen molar-refractivity contribution in [3.05, 3.63) is 59.1 Å². The van der Waals surface area contributed by atoms with Crippen molar-refractivity contribution >= 4 is 23.0 Å². The number of halogens is 1. The molecule has 2 aromatic rings. The first-order chi connectivity index (χ1) is 11.1. The normalized spacial score (nSPS) is 15.8. The van der Waals surface area contributed by atoms with Crippen LogP contribution >= 0.6 is 11.6 Å². The van der Waals surface area contributed by atoms with E-state index in [2.05, 4.69) is 27.1 Å². The van der Waals surface area contributed by atoms with Crippen molar-refractivity contribution in [2.45, 2.75) is 6.92 Å². The van der Waals surface area contributed by atoms with Crippen LogP contribution in [0.1, 0.15) is 12.5 Å². The molecular weight excluding hydrogens is 310 g/mol. The zero-order valence-electron chi connectivity index (χ0n) is 13.1. The number of phenols is 1. The number of para-hydroxylation sites is 1. The van der Waals surface area contributed by atoms with E-state index in [1.807, 2.05) is 37.3 Å². The van der Waals surface area contributed by atoms with Crippen molar-refractivity contribution in [1.29, 1.82) is 0 Å². The summed E-state index contributed by atoms with van der Waals surface area (Å²) in [7, 11) is 0. The van der Waals surface area contributed by atoms with E-state index in [0.29, 0.717) is 0 Å². The van der Waals surface area contributed by atoms with Gasteiger partial charge < -0.3 is 10.0 Å². The van der Waals surface area contributed by atoms with Crippen molar-refractivity contribution in [2.24, 2.45) is 5.10 Å². The third-order valence-electron chi connectivity index (χ3n) is 4.03. The largest absolute Gasteiger partial charge is 0.507 e. The van der Waals surface area contributed by atoms with Crippen LogP contribution in [0.2, 0.25) is 5.02 Å². The van der Waals surface area contributed by atoms with Gasteiger partial charge in [-0.1, -0.05) is 23.7 Å². The van der Waals surface area contributed by atoms with Crippen LogP contribution in [0, 0.1) is 0 Å². The molecule has 0 saturated carbocycles. The topological polar surface area (TPSA) is 39.1 Å². The van der Waals surface area contributed by atoms with Gasteiger partial charge in [-0.05, 0) is 43.3 Å². The molecule has 1 aliphatic rings. The number of rotatable bonds is 3. The number of aromatic hydroxyl groups is 1. The van der Waals surface area contributed by atoms with Gasteiger partial charge >= 0.3 is 0 Å². The number of hydrazone groups is 1. The van der Waals surface area contributed by atoms with Gasteiger partial charge in [-0.15, -0.1) is 0 Å². The summed E-state index contributed by atoms with van der Waals surface area (Å²) in [6.45, 7) is 5.47. The number of phenolic OH excluding ortho intramolecular Hbond substituents is 1. The smallest absolute Gasteiger partial charge is 0.124 e. The quantitative estimate of drug-likeness (QED) is 0.875. The second-order valence-corrected chi connectivity index (χ2v) is 6.06. The van der Waals surface area contributed by atoms with Gasteiger partial charge in [0, 0.05) is 29.4 Å². The molecule has 0 radical (unpaired) electrons. The Labute approximate surface area is 141 Å². The zero-order chi connectivity index (χ0) is 16.2. The number of piperazine rings is 1. The lowest BCUT2D eigenvalue weighted by Gasteiger charge is -2.35. The summed E-state index contributed by atoms with van der Waals surface area (Å²) < 4.78 is 0. The van der Waals surface area contributed by atoms with Gasteiger partial charge in [-0.2, -0.15) is 5.10 Å². The lowest BCUT2D eigenvalue weighted by molar-refractivity contribution is 0.270. The van der Waals surface area contributed by atoms with E-state index in [9.17, 15) is 5.11 Å². The minimum atomic E-state index is 0.272. The van der Waals surface area contributed by atoms with Crippen molar-refractivity contribution in [3.8, 4) is 5.75 Å². The van der Waals surface area contributed by atoms with Crippen LogP contribution in [-0.2, 0) is 0 Å². The second kappa shape index (κ2) is 6.92. The Morgan fingerprint density at radius 2 is 1.65 bits per heavy atom. The van der Waals surface area contributed by atoms with Crippen LogP contribution in [0.5, 0.6) is 5.75 Å². The van der Waals surface area contributed by atoms with Crippen LogP contribution in [0.25, 0.3) is 0 Å². The number of hydrogen-bond donors (Lipinski definition) is 1. The van der Waals surface area contributed by atoms with E-state index in [1.54, 1.807) is 6.07 Å². The molecule has 23 heavy (non-hydrogen) atoms. The molecule has 1 N–H and O–H groups in total. The molecule has 0 aliphatic carbocycles. The zero-order valence-corrected chi connectivity index (χ0v) is 13.9. The first-order valence-electron chi connectivity index (χ1n) is 7.72. The molecule has 120 valence electrons. The molecule has 1 fully saturated rings. The summed E-state index contributed by atoms with van der Waals surface area (Å²) in [6, 6.07) is 15.2. The minimum Gasteiger partial charge on any atom is -0.507 e. The van der Waals surface area contributed by atoms with E-state index in [4.69, 9.17) is 11.6 Å². The van der Waals surface area contributed by atoms with Gasteiger partial charge in [0.2, 0.25) is 0 Å². The predicted molar refractivity (Wildman–Crippen MR) is 95.6 cm³/mol. The molecule has 0 spiro atoms. The van der Waals surface area contributed by atoms with Gasteiger partial charge in [0.05, 0.1) is 18.8 Å². The predicted octanol–water partition coefficient (Wildman–Crippen LogP) is 3.59. The molecular formula is C18H20ClN3O. The molecule has 0 unspecified atom stereocenters. The summed E-state index contributed by atoms with van der Waals surface area (Å²) in [6.07, 6.45) is 0. The van der Waals surface area contributed by atoms with Crippen LogP contribution in [0.15, 0.2) is 53.6 Å². The summed E-state index contributed by atoms with van der Waals surface area (Å²) in [5.74, 6) is 0.272. The van der Waals surface area contributed by atoms with E-state index in [0.717, 1.165) is 42.5 Å². The monoisotopic (exact) mass is 329 g/mol. The molecule has 0 atom stereocenters. The molecule has 1 heterocycles. The maximum atomic E-state index is 9.91. The first-order valence-corrected chi connectivity index (χ1v) is 8.10. The highest BCUT2D eigenvalue weighted by molar-refractivity contribution is 6.30. The molecule has 1 aliphatic heterocycles. The van der Waals surface area contributed by atoms with Crippen LogP contribution in [-0.4, -0.2) is 42.0 Å². The van der Waals surface area contributed by atoms with E-state index >= 15 is 0 Å². The highest BCUT2D eigenvalue weighted by atomic mass is 35.5. The van der Waals surface area contributed by atoms with Crippen molar-refractivity contribution in [1.82, 2.24) is 5.01 Å². The fourth-order valence-corrected chi connectivity index (χ4v) is 2.88. The lowest BCUT2D eigenvalue weighted by Crippen LogP contribution is -2.44. The Hall–Kier alpha value is -2.20. The Bertz CT molecular complexity index is 692. The van der Waals surface area contributed by atoms with E-state index < -0.39 is 0 Å². The highest BCUT2D eigenvalue weighted by Gasteiger charge is 2.16. The average molecular weight is 330 g/mol. The van der Waals surface area contributed by atoms with Crippen LogP contribution in [0.4, 0.5) is 5.69 Å². The van der Waals surface area contributed by atoms with Crippen LogP contribution in [0.3, 0.4) is 0 Å². The fraction of sp³-hybridized carbons (Fsp3) is 0.278. The standard InChI is InChI=1S/C18H20ClN3O/c1-14(17-4-2-3-5-18(17)23)20-22-12-10-21(11-13-22)16-8-6-15(19)7-9-16/h2-9,23H,10-13H2,1H3/b20-14+. The highest BCUT2D eigenvalue weighted by Crippen LogP contribution is 2.20. The maximum Gasteiger partial charge on any atom is 0.124 e. The second-order valence-electron chi connectivity index (χ2n) is 5.62. The Kier molecular flexibility index (Phi) is 4.72. The molecule has 0 amide bonds. The molecule has 4 nitrogen and oxygen atoms in total. The van der Waals surface area contributed by atoms with Gasteiger partial charge in [0.25, 0.3) is 0 Å². The summed E-state index contributed by atoms with van der Waals surface area (Å²) in [5.41, 5.74) is 2.81. The molecule has 2 aromatic carbocycles. The van der Waals surface area contributed by atoms with E-state index in [-0.39, 0.29) is 5.75 Å². The minimum absolute atomic E-state index is 0.272. The van der Waals surface area contributed by atoms with Crippen LogP contribution < -0.4 is 4.90 Å². The lowest BCUT2D eigenvalue weighted by atomic mass is 10.1. The molecule has 1 saturated heterocycles. The van der Waals surface area contributed by atoms with Gasteiger partial charge in [-0.25, -0.2) is 0 Å². The Morgan fingerprint density at radius 1 is 1.00 bits per heavy atom. The SMILES string of the molecule is C/C(=N\N1CCN(c2ccc(Cl)cc2)CC1)c1ccccc1O. The summed E-state index contributed by atoms with van der Waals surface area (Å²) in [5, 5.41) is 17.4. The molecule has 0 bridgehead atoms. The van der Waals surface area contributed by atoms with Gasteiger partial charge in [0.1, 0.15) is 5.75 Å². The Balaban J connectivity index is 1.64. The molecule has 3 rings (SSSR count). The van der Waals surface area contributed by atoms with Gasteiger partial charge in [-0.3, -0.25) is 5.01 Å². The van der Waals surface area contributed by atoms with Crippen molar-refractivity contribution in [2.75, 3.05) is 31.1 Å². The number of nitrogens with zero attached hydrogens (tertiary/aromatic N) is 3. The molecule has 0 aromatic heterocycles. The Morgan fingerprint density at radius 3 is 2.30 bits per heavy atom. The number of benzene rings is 2. The third-order valence-corrected chi connectivity index (χ3v) is 4.29. The van der Waals surface area contributed by atoms with Crippen molar-refractivity contribution in [3.63, 3.8) is 0 Å².